The summed E-state index contributed by atoms with van der Waals surface area (Å²) in [6.45, 7) is 1.78. The quantitative estimate of drug-likeness (QED) is 0.519. The Labute approximate surface area is 108 Å². The van der Waals surface area contributed by atoms with Crippen molar-refractivity contribution in [2.24, 2.45) is 0 Å². The van der Waals surface area contributed by atoms with E-state index in [1.807, 2.05) is 0 Å². The number of nitrogens with zero attached hydrogens (tertiary/aromatic N) is 1. The second-order valence-corrected chi connectivity index (χ2v) is 3.74. The molecule has 2 aromatic rings. The van der Waals surface area contributed by atoms with Crippen LogP contribution in [0, 0.1) is 10.1 Å². The van der Waals surface area contributed by atoms with Gasteiger partial charge in [0.05, 0.1) is 29.5 Å². The van der Waals surface area contributed by atoms with Gasteiger partial charge in [-0.15, -0.1) is 0 Å². The number of carbonyl (C=O) groups excluding carboxylic acids is 1. The smallest absolute Gasteiger partial charge is 0.362 e. The number of nitro groups is 1. The van der Waals surface area contributed by atoms with E-state index in [0.29, 0.717) is 16.7 Å². The number of esters is 1. The molecule has 1 aromatic heterocycles. The van der Waals surface area contributed by atoms with Gasteiger partial charge in [0.1, 0.15) is 5.75 Å². The summed E-state index contributed by atoms with van der Waals surface area (Å²) in [4.78, 5) is 25.0. The second-order valence-electron chi connectivity index (χ2n) is 3.74. The normalized spacial score (nSPS) is 10.4. The van der Waals surface area contributed by atoms with E-state index in [4.69, 9.17) is 9.47 Å². The number of hydrogen-bond acceptors (Lipinski definition) is 5. The third kappa shape index (κ3) is 2.22. The number of rotatable bonds is 4. The Kier molecular flexibility index (Phi) is 3.37. The first kappa shape index (κ1) is 12.9. The second kappa shape index (κ2) is 4.97. The average Bonchev–Trinajstić information content (AvgIpc) is 2.77. The number of methoxy groups -OCH3 is 1. The van der Waals surface area contributed by atoms with Crippen LogP contribution in [0.5, 0.6) is 5.75 Å². The summed E-state index contributed by atoms with van der Waals surface area (Å²) in [7, 11) is 1.46. The molecule has 1 N–H and O–H groups in total. The van der Waals surface area contributed by atoms with Crippen molar-refractivity contribution in [3.8, 4) is 5.75 Å². The van der Waals surface area contributed by atoms with Gasteiger partial charge in [0.15, 0.2) is 0 Å². The molecule has 1 heterocycles. The maximum atomic E-state index is 11.7. The van der Waals surface area contributed by atoms with Crippen molar-refractivity contribution < 1.29 is 19.2 Å². The van der Waals surface area contributed by atoms with E-state index in [0.717, 1.165) is 0 Å². The Bertz CT molecular complexity index is 647. The summed E-state index contributed by atoms with van der Waals surface area (Å²) in [5.74, 6) is -0.269. The first-order chi connectivity index (χ1) is 9.08. The molecule has 0 amide bonds. The molecule has 0 saturated carbocycles. The van der Waals surface area contributed by atoms with Crippen molar-refractivity contribution in [2.75, 3.05) is 13.7 Å². The predicted molar refractivity (Wildman–Crippen MR) is 67.5 cm³/mol. The highest BCUT2D eigenvalue weighted by molar-refractivity contribution is 6.03. The Morgan fingerprint density at radius 2 is 2.21 bits per heavy atom. The zero-order valence-electron chi connectivity index (χ0n) is 10.4. The van der Waals surface area contributed by atoms with Gasteiger partial charge in [0, 0.05) is 0 Å². The van der Waals surface area contributed by atoms with Gasteiger partial charge in [-0.25, -0.2) is 4.79 Å². The molecule has 0 bridgehead atoms. The Hall–Kier alpha value is -2.57. The van der Waals surface area contributed by atoms with E-state index in [-0.39, 0.29) is 18.0 Å². The van der Waals surface area contributed by atoms with Crippen molar-refractivity contribution in [3.63, 3.8) is 0 Å². The van der Waals surface area contributed by atoms with Crippen molar-refractivity contribution in [1.82, 2.24) is 4.98 Å². The third-order valence-electron chi connectivity index (χ3n) is 2.64. The summed E-state index contributed by atoms with van der Waals surface area (Å²) >= 11 is 0. The van der Waals surface area contributed by atoms with Crippen molar-refractivity contribution in [3.05, 3.63) is 34.0 Å². The SMILES string of the molecule is CCOC(=O)c1[nH]c2ccc(OC)cc2c1[N+](=O)[O-]. The molecule has 0 unspecified atom stereocenters. The molecule has 0 saturated heterocycles. The molecule has 0 atom stereocenters. The van der Waals surface area contributed by atoms with Gasteiger partial charge in [0.25, 0.3) is 0 Å². The van der Waals surface area contributed by atoms with Gasteiger partial charge in [-0.3, -0.25) is 10.1 Å². The van der Waals surface area contributed by atoms with Crippen LogP contribution >= 0.6 is 0 Å². The van der Waals surface area contributed by atoms with E-state index < -0.39 is 10.9 Å². The summed E-state index contributed by atoms with van der Waals surface area (Å²) < 4.78 is 9.82. The maximum Gasteiger partial charge on any atom is 0.362 e. The maximum absolute atomic E-state index is 11.7. The number of hydrogen-bond donors (Lipinski definition) is 1. The zero-order valence-corrected chi connectivity index (χ0v) is 10.4. The molecule has 19 heavy (non-hydrogen) atoms. The molecular formula is C12H12N2O5. The van der Waals surface area contributed by atoms with Crippen molar-refractivity contribution >= 4 is 22.6 Å². The first-order valence-corrected chi connectivity index (χ1v) is 5.59. The Morgan fingerprint density at radius 1 is 1.47 bits per heavy atom. The number of carbonyl (C=O) groups is 1. The van der Waals surface area contributed by atoms with E-state index >= 15 is 0 Å². The molecule has 1 aromatic carbocycles. The monoisotopic (exact) mass is 264 g/mol. The molecule has 7 nitrogen and oxygen atoms in total. The van der Waals surface area contributed by atoms with Crippen LogP contribution < -0.4 is 4.74 Å². The molecule has 0 spiro atoms. The van der Waals surface area contributed by atoms with E-state index in [1.165, 1.54) is 13.2 Å². The van der Waals surface area contributed by atoms with Gasteiger partial charge >= 0.3 is 11.7 Å². The molecule has 2 rings (SSSR count). The van der Waals surface area contributed by atoms with Crippen LogP contribution in [0.1, 0.15) is 17.4 Å². The van der Waals surface area contributed by atoms with Crippen LogP contribution in [-0.2, 0) is 4.74 Å². The lowest BCUT2D eigenvalue weighted by atomic mass is 10.2. The standard InChI is InChI=1S/C12H12N2O5/c1-3-19-12(15)10-11(14(16)17)8-6-7(18-2)4-5-9(8)13-10/h4-6,13H,3H2,1-2H3. The van der Waals surface area contributed by atoms with Gasteiger partial charge in [-0.05, 0) is 25.1 Å². The summed E-state index contributed by atoms with van der Waals surface area (Å²) in [5, 5.41) is 11.5. The highest BCUT2D eigenvalue weighted by atomic mass is 16.6. The number of benzene rings is 1. The Balaban J connectivity index is 2.67. The molecule has 100 valence electrons. The largest absolute Gasteiger partial charge is 0.497 e. The summed E-state index contributed by atoms with van der Waals surface area (Å²) in [5.41, 5.74) is 0.0259. The fourth-order valence-electron chi connectivity index (χ4n) is 1.82. The zero-order chi connectivity index (χ0) is 14.0. The van der Waals surface area contributed by atoms with Crippen molar-refractivity contribution in [1.29, 1.82) is 0 Å². The number of H-pyrrole nitrogens is 1. The van der Waals surface area contributed by atoms with E-state index in [9.17, 15) is 14.9 Å². The molecule has 0 fully saturated rings. The fourth-order valence-corrected chi connectivity index (χ4v) is 1.82. The molecule has 0 aliphatic carbocycles. The predicted octanol–water partition coefficient (Wildman–Crippen LogP) is 2.26. The topological polar surface area (TPSA) is 94.5 Å². The van der Waals surface area contributed by atoms with E-state index in [2.05, 4.69) is 4.98 Å². The van der Waals surface area contributed by atoms with Crippen LogP contribution in [0.2, 0.25) is 0 Å². The molecule has 7 heteroatoms. The summed E-state index contributed by atoms with van der Waals surface area (Å²) in [6, 6.07) is 4.77. The van der Waals surface area contributed by atoms with Gasteiger partial charge in [-0.2, -0.15) is 0 Å². The van der Waals surface area contributed by atoms with Gasteiger partial charge < -0.3 is 14.5 Å². The third-order valence-corrected chi connectivity index (χ3v) is 2.64. The first-order valence-electron chi connectivity index (χ1n) is 5.59. The minimum Gasteiger partial charge on any atom is -0.497 e. The van der Waals surface area contributed by atoms with Crippen LogP contribution in [0.25, 0.3) is 10.9 Å². The van der Waals surface area contributed by atoms with Gasteiger partial charge in [0.2, 0.25) is 5.69 Å². The van der Waals surface area contributed by atoms with Crippen molar-refractivity contribution in [2.45, 2.75) is 6.92 Å². The summed E-state index contributed by atoms with van der Waals surface area (Å²) in [6.07, 6.45) is 0. The number of aromatic amines is 1. The number of ether oxygens (including phenoxy) is 2. The number of fused-ring (bicyclic) bond motifs is 1. The molecule has 0 aliphatic heterocycles. The minimum absolute atomic E-state index is 0.147. The molecular weight excluding hydrogens is 252 g/mol. The number of nitrogens with one attached hydrogen (secondary N) is 1. The average molecular weight is 264 g/mol. The Morgan fingerprint density at radius 3 is 2.79 bits per heavy atom. The van der Waals surface area contributed by atoms with Crippen LogP contribution in [-0.4, -0.2) is 29.6 Å². The minimum atomic E-state index is -0.746. The number of aromatic nitrogens is 1. The lowest BCUT2D eigenvalue weighted by molar-refractivity contribution is -0.383. The highest BCUT2D eigenvalue weighted by Crippen LogP contribution is 2.32. The van der Waals surface area contributed by atoms with Crippen LogP contribution in [0.15, 0.2) is 18.2 Å². The van der Waals surface area contributed by atoms with E-state index in [1.54, 1.807) is 19.1 Å². The molecule has 0 radical (unpaired) electrons. The lowest BCUT2D eigenvalue weighted by Crippen LogP contribution is -2.07. The highest BCUT2D eigenvalue weighted by Gasteiger charge is 2.28. The molecule has 0 aliphatic rings. The van der Waals surface area contributed by atoms with Gasteiger partial charge in [-0.1, -0.05) is 0 Å². The fraction of sp³-hybridized carbons (Fsp3) is 0.250. The van der Waals surface area contributed by atoms with Crippen LogP contribution in [0.4, 0.5) is 5.69 Å². The lowest BCUT2D eigenvalue weighted by Gasteiger charge is -1.98. The van der Waals surface area contributed by atoms with Crippen LogP contribution in [0.3, 0.4) is 0 Å².